The van der Waals surface area contributed by atoms with Gasteiger partial charge in [-0.15, -0.1) is 6.58 Å². The quantitative estimate of drug-likeness (QED) is 0.778. The Labute approximate surface area is 96.8 Å². The van der Waals surface area contributed by atoms with E-state index in [1.807, 2.05) is 13.0 Å². The normalized spacial score (nSPS) is 20.4. The number of imidazole rings is 1. The Kier molecular flexibility index (Phi) is 3.29. The third-order valence-electron chi connectivity index (χ3n) is 3.11. The molecule has 0 aliphatic carbocycles. The van der Waals surface area contributed by atoms with Crippen LogP contribution in [0.25, 0.3) is 0 Å². The van der Waals surface area contributed by atoms with E-state index in [-0.39, 0.29) is 0 Å². The molecule has 0 radical (unpaired) electrons. The van der Waals surface area contributed by atoms with Gasteiger partial charge < -0.3 is 15.2 Å². The zero-order valence-electron chi connectivity index (χ0n) is 9.89. The van der Waals surface area contributed by atoms with Crippen LogP contribution in [0.5, 0.6) is 0 Å². The summed E-state index contributed by atoms with van der Waals surface area (Å²) in [5, 5.41) is 0. The maximum Gasteiger partial charge on any atom is 0.206 e. The molecule has 4 nitrogen and oxygen atoms in total. The number of aryl methyl sites for hydroxylation is 1. The largest absolute Gasteiger partial charge is 0.338 e. The second-order valence-corrected chi connectivity index (χ2v) is 4.35. The van der Waals surface area contributed by atoms with Crippen LogP contribution in [0.15, 0.2) is 18.9 Å². The molecular weight excluding hydrogens is 200 g/mol. The second-order valence-electron chi connectivity index (χ2n) is 4.35. The highest BCUT2D eigenvalue weighted by Crippen LogP contribution is 2.24. The molecular formula is C12H20N4. The van der Waals surface area contributed by atoms with Crippen molar-refractivity contribution in [1.29, 1.82) is 0 Å². The average Bonchev–Trinajstić information content (AvgIpc) is 2.84. The molecule has 0 aromatic carbocycles. The van der Waals surface area contributed by atoms with Crippen molar-refractivity contribution in [3.8, 4) is 0 Å². The van der Waals surface area contributed by atoms with Gasteiger partial charge in [-0.05, 0) is 19.8 Å². The van der Waals surface area contributed by atoms with Crippen molar-refractivity contribution in [2.75, 3.05) is 18.0 Å². The lowest BCUT2D eigenvalue weighted by Gasteiger charge is -2.24. The van der Waals surface area contributed by atoms with Gasteiger partial charge in [0.1, 0.15) is 0 Å². The minimum Gasteiger partial charge on any atom is -0.338 e. The standard InChI is InChI=1S/C12H20N4/c1-3-6-15-9-10(2)14-12(15)16-7-4-5-11(16)8-13/h3,9,11H,1,4-8,13H2,2H3. The molecule has 88 valence electrons. The lowest BCUT2D eigenvalue weighted by Crippen LogP contribution is -2.37. The van der Waals surface area contributed by atoms with Gasteiger partial charge in [0.25, 0.3) is 0 Å². The van der Waals surface area contributed by atoms with E-state index in [2.05, 4.69) is 27.2 Å². The van der Waals surface area contributed by atoms with Crippen molar-refractivity contribution in [2.45, 2.75) is 32.4 Å². The van der Waals surface area contributed by atoms with Gasteiger partial charge in [-0.3, -0.25) is 0 Å². The van der Waals surface area contributed by atoms with Crippen LogP contribution < -0.4 is 10.6 Å². The van der Waals surface area contributed by atoms with Crippen LogP contribution in [0.2, 0.25) is 0 Å². The van der Waals surface area contributed by atoms with Crippen molar-refractivity contribution in [3.63, 3.8) is 0 Å². The van der Waals surface area contributed by atoms with Crippen molar-refractivity contribution < 1.29 is 0 Å². The summed E-state index contributed by atoms with van der Waals surface area (Å²) in [5.74, 6) is 1.05. The summed E-state index contributed by atoms with van der Waals surface area (Å²) in [6.07, 6.45) is 6.36. The number of aromatic nitrogens is 2. The van der Waals surface area contributed by atoms with Crippen molar-refractivity contribution in [2.24, 2.45) is 5.73 Å². The summed E-state index contributed by atoms with van der Waals surface area (Å²) in [4.78, 5) is 6.92. The van der Waals surface area contributed by atoms with Gasteiger partial charge in [-0.2, -0.15) is 0 Å². The molecule has 1 fully saturated rings. The predicted octanol–water partition coefficient (Wildman–Crippen LogP) is 1.31. The molecule has 1 aromatic rings. The number of allylic oxidation sites excluding steroid dienone is 1. The van der Waals surface area contributed by atoms with E-state index in [4.69, 9.17) is 5.73 Å². The van der Waals surface area contributed by atoms with E-state index in [0.717, 1.165) is 24.7 Å². The van der Waals surface area contributed by atoms with Crippen molar-refractivity contribution >= 4 is 5.95 Å². The van der Waals surface area contributed by atoms with Crippen LogP contribution >= 0.6 is 0 Å². The van der Waals surface area contributed by atoms with Gasteiger partial charge in [0, 0.05) is 31.9 Å². The first-order chi connectivity index (χ1) is 7.76. The van der Waals surface area contributed by atoms with Crippen molar-refractivity contribution in [3.05, 3.63) is 24.5 Å². The second kappa shape index (κ2) is 4.70. The molecule has 4 heteroatoms. The highest BCUT2D eigenvalue weighted by molar-refractivity contribution is 5.37. The summed E-state index contributed by atoms with van der Waals surface area (Å²) in [5.41, 5.74) is 6.85. The average molecular weight is 220 g/mol. The smallest absolute Gasteiger partial charge is 0.206 e. The van der Waals surface area contributed by atoms with Crippen LogP contribution in [0.4, 0.5) is 5.95 Å². The molecule has 1 unspecified atom stereocenters. The Morgan fingerprint density at radius 1 is 1.69 bits per heavy atom. The van der Waals surface area contributed by atoms with E-state index in [0.29, 0.717) is 12.6 Å². The zero-order chi connectivity index (χ0) is 11.5. The van der Waals surface area contributed by atoms with Gasteiger partial charge in [-0.1, -0.05) is 6.08 Å². The molecule has 2 N–H and O–H groups in total. The molecule has 0 spiro atoms. The molecule has 2 heterocycles. The summed E-state index contributed by atoms with van der Waals surface area (Å²) in [6, 6.07) is 0.449. The maximum atomic E-state index is 5.79. The lowest BCUT2D eigenvalue weighted by atomic mass is 10.2. The molecule has 1 atom stereocenters. The number of nitrogens with two attached hydrogens (primary N) is 1. The van der Waals surface area contributed by atoms with Gasteiger partial charge in [0.2, 0.25) is 5.95 Å². The van der Waals surface area contributed by atoms with Crippen LogP contribution in [-0.2, 0) is 6.54 Å². The first kappa shape index (κ1) is 11.2. The first-order valence-corrected chi connectivity index (χ1v) is 5.87. The van der Waals surface area contributed by atoms with Gasteiger partial charge in [-0.25, -0.2) is 4.98 Å². The highest BCUT2D eigenvalue weighted by Gasteiger charge is 2.26. The fourth-order valence-corrected chi connectivity index (χ4v) is 2.38. The number of hydrogen-bond donors (Lipinski definition) is 1. The van der Waals surface area contributed by atoms with E-state index in [1.54, 1.807) is 0 Å². The van der Waals surface area contributed by atoms with Crippen molar-refractivity contribution in [1.82, 2.24) is 9.55 Å². The molecule has 1 aliphatic rings. The van der Waals surface area contributed by atoms with Gasteiger partial charge in [0.05, 0.1) is 5.69 Å². The van der Waals surface area contributed by atoms with E-state index in [9.17, 15) is 0 Å². The SMILES string of the molecule is C=CCn1cc(C)nc1N1CCCC1CN. The minimum atomic E-state index is 0.449. The van der Waals surface area contributed by atoms with E-state index < -0.39 is 0 Å². The Balaban J connectivity index is 2.27. The lowest BCUT2D eigenvalue weighted by molar-refractivity contribution is 0.647. The minimum absolute atomic E-state index is 0.449. The zero-order valence-corrected chi connectivity index (χ0v) is 9.89. The summed E-state index contributed by atoms with van der Waals surface area (Å²) >= 11 is 0. The molecule has 1 aromatic heterocycles. The Bertz CT molecular complexity index is 369. The number of nitrogens with zero attached hydrogens (tertiary/aromatic N) is 3. The fraction of sp³-hybridized carbons (Fsp3) is 0.583. The summed E-state index contributed by atoms with van der Waals surface area (Å²) < 4.78 is 2.15. The van der Waals surface area contributed by atoms with Crippen LogP contribution in [0.1, 0.15) is 18.5 Å². The molecule has 1 aliphatic heterocycles. The molecule has 16 heavy (non-hydrogen) atoms. The topological polar surface area (TPSA) is 47.1 Å². The van der Waals surface area contributed by atoms with E-state index in [1.165, 1.54) is 12.8 Å². The number of rotatable bonds is 4. The Hall–Kier alpha value is -1.29. The molecule has 1 saturated heterocycles. The number of anilines is 1. The van der Waals surface area contributed by atoms with Gasteiger partial charge >= 0.3 is 0 Å². The van der Waals surface area contributed by atoms with E-state index >= 15 is 0 Å². The van der Waals surface area contributed by atoms with Crippen LogP contribution in [0.3, 0.4) is 0 Å². The maximum absolute atomic E-state index is 5.79. The monoisotopic (exact) mass is 220 g/mol. The summed E-state index contributed by atoms with van der Waals surface area (Å²) in [6.45, 7) is 8.39. The molecule has 0 bridgehead atoms. The fourth-order valence-electron chi connectivity index (χ4n) is 2.38. The molecule has 2 rings (SSSR count). The third-order valence-corrected chi connectivity index (χ3v) is 3.11. The Morgan fingerprint density at radius 3 is 3.19 bits per heavy atom. The van der Waals surface area contributed by atoms with Crippen LogP contribution in [-0.4, -0.2) is 28.7 Å². The third kappa shape index (κ3) is 1.97. The van der Waals surface area contributed by atoms with Gasteiger partial charge in [0.15, 0.2) is 0 Å². The Morgan fingerprint density at radius 2 is 2.50 bits per heavy atom. The molecule has 0 amide bonds. The predicted molar refractivity (Wildman–Crippen MR) is 66.6 cm³/mol. The number of hydrogen-bond acceptors (Lipinski definition) is 3. The van der Waals surface area contributed by atoms with Crippen LogP contribution in [0, 0.1) is 6.92 Å². The molecule has 0 saturated carbocycles. The first-order valence-electron chi connectivity index (χ1n) is 5.87. The summed E-state index contributed by atoms with van der Waals surface area (Å²) in [7, 11) is 0. The highest BCUT2D eigenvalue weighted by atomic mass is 15.3.